The molecule has 2 N–H and O–H groups in total. The summed E-state index contributed by atoms with van der Waals surface area (Å²) in [5.74, 6) is -1.68. The highest BCUT2D eigenvalue weighted by molar-refractivity contribution is 6.34. The summed E-state index contributed by atoms with van der Waals surface area (Å²) in [6, 6.07) is 4.49. The number of carbonyl (C=O) groups is 1. The summed E-state index contributed by atoms with van der Waals surface area (Å²) in [5.41, 5.74) is 6.24. The van der Waals surface area contributed by atoms with Gasteiger partial charge in [-0.25, -0.2) is 0 Å². The van der Waals surface area contributed by atoms with Gasteiger partial charge in [0.15, 0.2) is 0 Å². The number of hydrogen-bond acceptors (Lipinski definition) is 2. The summed E-state index contributed by atoms with van der Waals surface area (Å²) in [4.78, 5) is 13.6. The normalized spacial score (nSPS) is 17.3. The molecule has 1 heterocycles. The van der Waals surface area contributed by atoms with Gasteiger partial charge in [-0.15, -0.1) is 0 Å². The zero-order chi connectivity index (χ0) is 14.9. The molecule has 1 aromatic rings. The molecule has 1 aromatic carbocycles. The fraction of sp³-hybridized carbons (Fsp3) is 0.462. The summed E-state index contributed by atoms with van der Waals surface area (Å²) >= 11 is 5.94. The zero-order valence-electron chi connectivity index (χ0n) is 10.6. The van der Waals surface area contributed by atoms with E-state index in [1.807, 2.05) is 0 Å². The Morgan fingerprint density at radius 2 is 1.90 bits per heavy atom. The van der Waals surface area contributed by atoms with Gasteiger partial charge < -0.3 is 10.6 Å². The molecule has 3 nitrogen and oxygen atoms in total. The Morgan fingerprint density at radius 3 is 2.40 bits per heavy atom. The smallest absolute Gasteiger partial charge is 0.391 e. The summed E-state index contributed by atoms with van der Waals surface area (Å²) in [7, 11) is 0. The van der Waals surface area contributed by atoms with Gasteiger partial charge in [0.05, 0.1) is 16.5 Å². The third-order valence-electron chi connectivity index (χ3n) is 3.47. The molecule has 2 rings (SSSR count). The van der Waals surface area contributed by atoms with Crippen LogP contribution in [0.3, 0.4) is 0 Å². The third kappa shape index (κ3) is 3.17. The number of carbonyl (C=O) groups excluding carboxylic acids is 1. The summed E-state index contributed by atoms with van der Waals surface area (Å²) in [6.07, 6.45) is -4.32. The molecule has 0 unspecified atom stereocenters. The van der Waals surface area contributed by atoms with E-state index >= 15 is 0 Å². The lowest BCUT2D eigenvalue weighted by Crippen LogP contribution is -2.42. The molecule has 1 aliphatic rings. The topological polar surface area (TPSA) is 46.3 Å². The van der Waals surface area contributed by atoms with E-state index in [4.69, 9.17) is 17.3 Å². The van der Waals surface area contributed by atoms with Crippen molar-refractivity contribution in [2.24, 2.45) is 5.92 Å². The minimum Gasteiger partial charge on any atom is -0.399 e. The Kier molecular flexibility index (Phi) is 4.13. The molecule has 0 aromatic heterocycles. The summed E-state index contributed by atoms with van der Waals surface area (Å²) in [5, 5.41) is 0.216. The fourth-order valence-corrected chi connectivity index (χ4v) is 2.55. The highest BCUT2D eigenvalue weighted by Gasteiger charge is 2.41. The van der Waals surface area contributed by atoms with E-state index in [0.29, 0.717) is 5.69 Å². The average molecular weight is 307 g/mol. The van der Waals surface area contributed by atoms with Crippen LogP contribution in [-0.2, 0) is 0 Å². The number of rotatable bonds is 1. The maximum Gasteiger partial charge on any atom is 0.391 e. The van der Waals surface area contributed by atoms with E-state index in [1.165, 1.54) is 17.0 Å². The number of nitrogens with two attached hydrogens (primary N) is 1. The number of nitrogens with zero attached hydrogens (tertiary/aromatic N) is 1. The first-order valence-corrected chi connectivity index (χ1v) is 6.58. The van der Waals surface area contributed by atoms with Crippen molar-refractivity contribution < 1.29 is 18.0 Å². The van der Waals surface area contributed by atoms with Crippen LogP contribution in [0, 0.1) is 5.92 Å². The predicted molar refractivity (Wildman–Crippen MR) is 70.5 cm³/mol. The van der Waals surface area contributed by atoms with Crippen LogP contribution in [0.5, 0.6) is 0 Å². The van der Waals surface area contributed by atoms with Crippen LogP contribution in [0.1, 0.15) is 23.2 Å². The first kappa shape index (κ1) is 15.0. The third-order valence-corrected chi connectivity index (χ3v) is 3.78. The number of likely N-dealkylation sites (tertiary alicyclic amines) is 1. The van der Waals surface area contributed by atoms with Crippen molar-refractivity contribution in [3.63, 3.8) is 0 Å². The van der Waals surface area contributed by atoms with Gasteiger partial charge in [0, 0.05) is 18.8 Å². The molecular weight excluding hydrogens is 293 g/mol. The van der Waals surface area contributed by atoms with Crippen LogP contribution in [-0.4, -0.2) is 30.1 Å². The van der Waals surface area contributed by atoms with Gasteiger partial charge in [-0.3, -0.25) is 4.79 Å². The predicted octanol–water partition coefficient (Wildman–Crippen LogP) is 3.34. The maximum absolute atomic E-state index is 12.6. The first-order valence-electron chi connectivity index (χ1n) is 6.20. The van der Waals surface area contributed by atoms with Gasteiger partial charge in [-0.05, 0) is 31.0 Å². The van der Waals surface area contributed by atoms with Gasteiger partial charge in [-0.1, -0.05) is 11.6 Å². The summed E-state index contributed by atoms with van der Waals surface area (Å²) in [6.45, 7) is 0.174. The molecule has 20 heavy (non-hydrogen) atoms. The number of amides is 1. The number of anilines is 1. The number of nitrogen functional groups attached to an aromatic ring is 1. The SMILES string of the molecule is Nc1ccc(C(=O)N2CCC(C(F)(F)F)CC2)c(Cl)c1. The highest BCUT2D eigenvalue weighted by atomic mass is 35.5. The van der Waals surface area contributed by atoms with Gasteiger partial charge in [0.2, 0.25) is 0 Å². The van der Waals surface area contributed by atoms with E-state index in [1.54, 1.807) is 6.07 Å². The number of alkyl halides is 3. The van der Waals surface area contributed by atoms with Crippen LogP contribution in [0.4, 0.5) is 18.9 Å². The molecule has 0 radical (unpaired) electrons. The zero-order valence-corrected chi connectivity index (χ0v) is 11.3. The second kappa shape index (κ2) is 5.52. The molecule has 7 heteroatoms. The Bertz CT molecular complexity index is 511. The van der Waals surface area contributed by atoms with E-state index in [-0.39, 0.29) is 42.4 Å². The molecule has 0 atom stereocenters. The van der Waals surface area contributed by atoms with Crippen LogP contribution in [0.15, 0.2) is 18.2 Å². The Labute approximate surface area is 119 Å². The van der Waals surface area contributed by atoms with Crippen molar-refractivity contribution in [2.75, 3.05) is 18.8 Å². The molecular formula is C13H14ClF3N2O. The lowest BCUT2D eigenvalue weighted by Gasteiger charge is -2.33. The monoisotopic (exact) mass is 306 g/mol. The minimum absolute atomic E-state index is 0.0676. The van der Waals surface area contributed by atoms with Crippen LogP contribution in [0.25, 0.3) is 0 Å². The number of hydrogen-bond donors (Lipinski definition) is 1. The van der Waals surface area contributed by atoms with E-state index in [9.17, 15) is 18.0 Å². The Balaban J connectivity index is 2.05. The van der Waals surface area contributed by atoms with Crippen molar-refractivity contribution in [1.29, 1.82) is 0 Å². The molecule has 110 valence electrons. The molecule has 1 amide bonds. The lowest BCUT2D eigenvalue weighted by molar-refractivity contribution is -0.183. The molecule has 0 saturated carbocycles. The fourth-order valence-electron chi connectivity index (χ4n) is 2.29. The van der Waals surface area contributed by atoms with E-state index < -0.39 is 12.1 Å². The van der Waals surface area contributed by atoms with E-state index in [0.717, 1.165) is 0 Å². The molecule has 0 bridgehead atoms. The van der Waals surface area contributed by atoms with Crippen molar-refractivity contribution in [3.05, 3.63) is 28.8 Å². The van der Waals surface area contributed by atoms with Crippen LogP contribution >= 0.6 is 11.6 Å². The molecule has 1 saturated heterocycles. The van der Waals surface area contributed by atoms with E-state index in [2.05, 4.69) is 0 Å². The van der Waals surface area contributed by atoms with Crippen LogP contribution in [0.2, 0.25) is 5.02 Å². The highest BCUT2D eigenvalue weighted by Crippen LogP contribution is 2.34. The van der Waals surface area contributed by atoms with Crippen LogP contribution < -0.4 is 5.73 Å². The lowest BCUT2D eigenvalue weighted by atomic mass is 9.96. The van der Waals surface area contributed by atoms with Crippen molar-refractivity contribution >= 4 is 23.2 Å². The van der Waals surface area contributed by atoms with Crippen molar-refractivity contribution in [3.8, 4) is 0 Å². The van der Waals surface area contributed by atoms with Gasteiger partial charge in [0.1, 0.15) is 0 Å². The first-order chi connectivity index (χ1) is 9.29. The standard InChI is InChI=1S/C13H14ClF3N2O/c14-11-7-9(18)1-2-10(11)12(20)19-5-3-8(4-6-19)13(15,16)17/h1-2,7-8H,3-6,18H2. The molecule has 1 fully saturated rings. The largest absolute Gasteiger partial charge is 0.399 e. The average Bonchev–Trinajstić information content (AvgIpc) is 2.37. The maximum atomic E-state index is 12.6. The second-order valence-corrected chi connectivity index (χ2v) is 5.25. The molecule has 1 aliphatic heterocycles. The van der Waals surface area contributed by atoms with Crippen molar-refractivity contribution in [1.82, 2.24) is 4.90 Å². The molecule has 0 spiro atoms. The Hall–Kier alpha value is -1.43. The second-order valence-electron chi connectivity index (χ2n) is 4.85. The number of benzene rings is 1. The van der Waals surface area contributed by atoms with Gasteiger partial charge in [0.25, 0.3) is 5.91 Å². The minimum atomic E-state index is -4.19. The van der Waals surface area contributed by atoms with Gasteiger partial charge >= 0.3 is 6.18 Å². The number of halogens is 4. The van der Waals surface area contributed by atoms with Gasteiger partial charge in [-0.2, -0.15) is 13.2 Å². The Morgan fingerprint density at radius 1 is 1.30 bits per heavy atom. The number of piperidine rings is 1. The van der Waals surface area contributed by atoms with Crippen molar-refractivity contribution in [2.45, 2.75) is 19.0 Å². The molecule has 0 aliphatic carbocycles. The quantitative estimate of drug-likeness (QED) is 0.809. The summed E-state index contributed by atoms with van der Waals surface area (Å²) < 4.78 is 37.7.